The van der Waals surface area contributed by atoms with Crippen molar-refractivity contribution in [3.8, 4) is 5.75 Å². The number of nitrogens with zero attached hydrogens (tertiary/aromatic N) is 2. The van der Waals surface area contributed by atoms with Crippen LogP contribution in [0.4, 0.5) is 0 Å². The van der Waals surface area contributed by atoms with E-state index in [9.17, 15) is 0 Å². The number of rotatable bonds is 4. The largest absolute Gasteiger partial charge is 0.465 e. The van der Waals surface area contributed by atoms with Crippen LogP contribution < -0.4 is 4.74 Å². The van der Waals surface area contributed by atoms with Crippen molar-refractivity contribution >= 4 is 0 Å². The van der Waals surface area contributed by atoms with E-state index in [-0.39, 0.29) is 0 Å². The SMILES string of the molecule is C(=COc1ccccc1)Cc1cn[nH]n1. The van der Waals surface area contributed by atoms with Crippen molar-refractivity contribution in [3.63, 3.8) is 0 Å². The molecule has 0 spiro atoms. The smallest absolute Gasteiger partial charge is 0.126 e. The van der Waals surface area contributed by atoms with Crippen LogP contribution >= 0.6 is 0 Å². The summed E-state index contributed by atoms with van der Waals surface area (Å²) in [5.41, 5.74) is 0.892. The predicted octanol–water partition coefficient (Wildman–Crippen LogP) is 1.94. The molecule has 0 bridgehead atoms. The first-order valence-corrected chi connectivity index (χ1v) is 4.66. The van der Waals surface area contributed by atoms with Crippen LogP contribution in [0.3, 0.4) is 0 Å². The first-order valence-electron chi connectivity index (χ1n) is 4.66. The molecule has 4 nitrogen and oxygen atoms in total. The third-order valence-corrected chi connectivity index (χ3v) is 1.84. The molecule has 0 radical (unpaired) electrons. The second kappa shape index (κ2) is 4.95. The van der Waals surface area contributed by atoms with Gasteiger partial charge in [-0.2, -0.15) is 15.4 Å². The second-order valence-corrected chi connectivity index (χ2v) is 2.97. The maximum atomic E-state index is 5.37. The van der Waals surface area contributed by atoms with E-state index in [1.807, 2.05) is 36.4 Å². The molecule has 0 unspecified atom stereocenters. The Hall–Kier alpha value is -2.10. The van der Waals surface area contributed by atoms with Crippen molar-refractivity contribution in [2.24, 2.45) is 0 Å². The summed E-state index contributed by atoms with van der Waals surface area (Å²) in [6, 6.07) is 9.62. The number of nitrogens with one attached hydrogen (secondary N) is 1. The number of benzene rings is 1. The molecule has 2 aromatic rings. The molecular formula is C11H11N3O. The molecule has 0 aliphatic rings. The monoisotopic (exact) mass is 201 g/mol. The van der Waals surface area contributed by atoms with Gasteiger partial charge in [-0.1, -0.05) is 18.2 Å². The van der Waals surface area contributed by atoms with Crippen LogP contribution in [0.1, 0.15) is 5.69 Å². The van der Waals surface area contributed by atoms with Gasteiger partial charge in [0.15, 0.2) is 0 Å². The second-order valence-electron chi connectivity index (χ2n) is 2.97. The van der Waals surface area contributed by atoms with Gasteiger partial charge in [-0.25, -0.2) is 0 Å². The van der Waals surface area contributed by atoms with Gasteiger partial charge in [0.05, 0.1) is 18.2 Å². The molecule has 4 heteroatoms. The fourth-order valence-electron chi connectivity index (χ4n) is 1.12. The number of aromatic amines is 1. The Balaban J connectivity index is 1.81. The summed E-state index contributed by atoms with van der Waals surface area (Å²) < 4.78 is 5.37. The zero-order valence-corrected chi connectivity index (χ0v) is 8.13. The lowest BCUT2D eigenvalue weighted by Crippen LogP contribution is -1.84. The Morgan fingerprint density at radius 1 is 1.27 bits per heavy atom. The molecule has 2 rings (SSSR count). The van der Waals surface area contributed by atoms with E-state index < -0.39 is 0 Å². The molecule has 0 aliphatic carbocycles. The van der Waals surface area contributed by atoms with Crippen molar-refractivity contribution in [1.29, 1.82) is 0 Å². The highest BCUT2D eigenvalue weighted by atomic mass is 16.5. The zero-order valence-electron chi connectivity index (χ0n) is 8.13. The molecule has 0 saturated carbocycles. The summed E-state index contributed by atoms with van der Waals surface area (Å²) >= 11 is 0. The van der Waals surface area contributed by atoms with Crippen LogP contribution in [0, 0.1) is 0 Å². The predicted molar refractivity (Wildman–Crippen MR) is 56.3 cm³/mol. The molecule has 0 aliphatic heterocycles. The van der Waals surface area contributed by atoms with Gasteiger partial charge in [0.25, 0.3) is 0 Å². The number of aromatic nitrogens is 3. The Morgan fingerprint density at radius 3 is 2.87 bits per heavy atom. The first kappa shape index (κ1) is 9.45. The van der Waals surface area contributed by atoms with Crippen LogP contribution in [-0.2, 0) is 6.42 Å². The number of allylic oxidation sites excluding steroid dienone is 1. The van der Waals surface area contributed by atoms with Gasteiger partial charge in [-0.3, -0.25) is 0 Å². The maximum Gasteiger partial charge on any atom is 0.126 e. The lowest BCUT2D eigenvalue weighted by Gasteiger charge is -1.97. The zero-order chi connectivity index (χ0) is 10.3. The third kappa shape index (κ3) is 2.95. The van der Waals surface area contributed by atoms with Crippen molar-refractivity contribution in [2.45, 2.75) is 6.42 Å². The van der Waals surface area contributed by atoms with Crippen molar-refractivity contribution in [3.05, 3.63) is 54.6 Å². The Labute approximate surface area is 87.6 Å². The fraction of sp³-hybridized carbons (Fsp3) is 0.0909. The van der Waals surface area contributed by atoms with E-state index in [2.05, 4.69) is 15.4 Å². The van der Waals surface area contributed by atoms with Gasteiger partial charge >= 0.3 is 0 Å². The minimum atomic E-state index is 0.712. The lowest BCUT2D eigenvalue weighted by atomic mass is 10.3. The van der Waals surface area contributed by atoms with Gasteiger partial charge in [-0.15, -0.1) is 0 Å². The number of para-hydroxylation sites is 1. The molecular weight excluding hydrogens is 190 g/mol. The third-order valence-electron chi connectivity index (χ3n) is 1.84. The molecule has 0 saturated heterocycles. The van der Waals surface area contributed by atoms with Crippen molar-refractivity contribution in [1.82, 2.24) is 15.4 Å². The number of H-pyrrole nitrogens is 1. The summed E-state index contributed by atoms with van der Waals surface area (Å²) in [6.45, 7) is 0. The van der Waals surface area contributed by atoms with Gasteiger partial charge in [0.2, 0.25) is 0 Å². The van der Waals surface area contributed by atoms with E-state index >= 15 is 0 Å². The summed E-state index contributed by atoms with van der Waals surface area (Å²) in [6.07, 6.45) is 5.95. The Bertz CT molecular complexity index is 409. The molecule has 15 heavy (non-hydrogen) atoms. The first-order chi connectivity index (χ1) is 7.45. The Morgan fingerprint density at radius 2 is 2.13 bits per heavy atom. The summed E-state index contributed by atoms with van der Waals surface area (Å²) in [5.74, 6) is 0.828. The number of ether oxygens (including phenoxy) is 1. The van der Waals surface area contributed by atoms with E-state index in [0.29, 0.717) is 6.42 Å². The maximum absolute atomic E-state index is 5.37. The summed E-state index contributed by atoms with van der Waals surface area (Å²) in [7, 11) is 0. The van der Waals surface area contributed by atoms with Gasteiger partial charge in [0.1, 0.15) is 5.75 Å². The molecule has 1 heterocycles. The van der Waals surface area contributed by atoms with Crippen LogP contribution in [0.15, 0.2) is 48.9 Å². The molecule has 76 valence electrons. The van der Waals surface area contributed by atoms with Crippen LogP contribution in [-0.4, -0.2) is 15.4 Å². The van der Waals surface area contributed by atoms with Crippen LogP contribution in [0.2, 0.25) is 0 Å². The highest BCUT2D eigenvalue weighted by Crippen LogP contribution is 2.08. The minimum absolute atomic E-state index is 0.712. The fourth-order valence-corrected chi connectivity index (χ4v) is 1.12. The van der Waals surface area contributed by atoms with Crippen LogP contribution in [0.5, 0.6) is 5.75 Å². The minimum Gasteiger partial charge on any atom is -0.465 e. The topological polar surface area (TPSA) is 50.8 Å². The van der Waals surface area contributed by atoms with E-state index in [0.717, 1.165) is 11.4 Å². The van der Waals surface area contributed by atoms with Crippen molar-refractivity contribution in [2.75, 3.05) is 0 Å². The van der Waals surface area contributed by atoms with Crippen LogP contribution in [0.25, 0.3) is 0 Å². The molecule has 0 amide bonds. The molecule has 1 aromatic carbocycles. The quantitative estimate of drug-likeness (QED) is 0.769. The summed E-state index contributed by atoms with van der Waals surface area (Å²) in [4.78, 5) is 0. The summed E-state index contributed by atoms with van der Waals surface area (Å²) in [5, 5.41) is 10.2. The van der Waals surface area contributed by atoms with E-state index in [4.69, 9.17) is 4.74 Å². The molecule has 0 fully saturated rings. The number of hydrogen-bond donors (Lipinski definition) is 1. The highest BCUT2D eigenvalue weighted by molar-refractivity contribution is 5.21. The van der Waals surface area contributed by atoms with E-state index in [1.165, 1.54) is 0 Å². The number of hydrogen-bond acceptors (Lipinski definition) is 3. The molecule has 0 atom stereocenters. The Kier molecular flexibility index (Phi) is 3.12. The molecule has 1 aromatic heterocycles. The standard InChI is InChI=1S/C11H11N3O/c1-2-6-11(7-3-1)15-8-4-5-10-9-12-14-13-10/h1-4,6-9H,5H2,(H,12,13,14). The lowest BCUT2D eigenvalue weighted by molar-refractivity contribution is 0.479. The normalized spacial score (nSPS) is 10.7. The molecule has 1 N–H and O–H groups in total. The van der Waals surface area contributed by atoms with Crippen molar-refractivity contribution < 1.29 is 4.74 Å². The highest BCUT2D eigenvalue weighted by Gasteiger charge is 1.90. The van der Waals surface area contributed by atoms with Gasteiger partial charge in [-0.05, 0) is 18.2 Å². The average Bonchev–Trinajstić information content (AvgIpc) is 2.79. The average molecular weight is 201 g/mol. The van der Waals surface area contributed by atoms with E-state index in [1.54, 1.807) is 12.5 Å². The van der Waals surface area contributed by atoms with Gasteiger partial charge in [0, 0.05) is 6.42 Å². The van der Waals surface area contributed by atoms with Gasteiger partial charge < -0.3 is 4.74 Å².